The van der Waals surface area contributed by atoms with Crippen molar-refractivity contribution in [3.8, 4) is 0 Å². The molecular formula is C8H7ClFNO2. The zero-order chi connectivity index (χ0) is 9.84. The van der Waals surface area contributed by atoms with Gasteiger partial charge in [-0.1, -0.05) is 17.7 Å². The van der Waals surface area contributed by atoms with Gasteiger partial charge in [-0.2, -0.15) is 0 Å². The molecule has 0 saturated carbocycles. The summed E-state index contributed by atoms with van der Waals surface area (Å²) < 4.78 is 13.0. The Labute approximate surface area is 79.1 Å². The van der Waals surface area contributed by atoms with Crippen LogP contribution in [-0.4, -0.2) is 17.6 Å². The van der Waals surface area contributed by atoms with Gasteiger partial charge in [-0.25, -0.2) is 4.39 Å². The maximum Gasteiger partial charge on any atom is 0.322 e. The molecule has 0 unspecified atom stereocenters. The highest BCUT2D eigenvalue weighted by atomic mass is 35.5. The number of carboxylic acids is 1. The fourth-order valence-corrected chi connectivity index (χ4v) is 1.06. The normalized spacial score (nSPS) is 9.69. The number of nitrogens with one attached hydrogen (secondary N) is 1. The van der Waals surface area contributed by atoms with Gasteiger partial charge in [-0.3, -0.25) is 4.79 Å². The summed E-state index contributed by atoms with van der Waals surface area (Å²) in [6.45, 7) is -0.360. The first-order valence-corrected chi connectivity index (χ1v) is 3.88. The zero-order valence-corrected chi connectivity index (χ0v) is 7.31. The van der Waals surface area contributed by atoms with E-state index in [1.165, 1.54) is 18.2 Å². The average Bonchev–Trinajstić information content (AvgIpc) is 2.03. The Morgan fingerprint density at radius 3 is 2.85 bits per heavy atom. The van der Waals surface area contributed by atoms with E-state index in [0.717, 1.165) is 0 Å². The van der Waals surface area contributed by atoms with Crippen molar-refractivity contribution in [1.82, 2.24) is 0 Å². The molecule has 0 radical (unpaired) electrons. The number of aliphatic carboxylic acids is 1. The summed E-state index contributed by atoms with van der Waals surface area (Å²) >= 11 is 5.62. The van der Waals surface area contributed by atoms with Gasteiger partial charge < -0.3 is 10.4 Å². The molecule has 0 aliphatic heterocycles. The molecule has 0 heterocycles. The lowest BCUT2D eigenvalue weighted by molar-refractivity contribution is -0.134. The van der Waals surface area contributed by atoms with Gasteiger partial charge in [0.1, 0.15) is 12.4 Å². The second kappa shape index (κ2) is 4.09. The van der Waals surface area contributed by atoms with Gasteiger partial charge in [0.2, 0.25) is 0 Å². The fraction of sp³-hybridized carbons (Fsp3) is 0.125. The number of benzene rings is 1. The molecule has 0 saturated heterocycles. The molecule has 3 nitrogen and oxygen atoms in total. The van der Waals surface area contributed by atoms with Crippen LogP contribution in [0.1, 0.15) is 0 Å². The van der Waals surface area contributed by atoms with Crippen LogP contribution in [0.4, 0.5) is 10.1 Å². The molecule has 1 aromatic rings. The van der Waals surface area contributed by atoms with Crippen LogP contribution in [0.3, 0.4) is 0 Å². The molecule has 0 spiro atoms. The predicted octanol–water partition coefficient (Wildman–Crippen LogP) is 1.98. The van der Waals surface area contributed by atoms with Gasteiger partial charge >= 0.3 is 5.97 Å². The van der Waals surface area contributed by atoms with E-state index in [1.54, 1.807) is 0 Å². The van der Waals surface area contributed by atoms with Gasteiger partial charge in [0, 0.05) is 0 Å². The number of anilines is 1. The van der Waals surface area contributed by atoms with Crippen LogP contribution in [-0.2, 0) is 4.79 Å². The highest BCUT2D eigenvalue weighted by Crippen LogP contribution is 2.23. The van der Waals surface area contributed by atoms with Crippen LogP contribution in [0.15, 0.2) is 18.2 Å². The number of hydrogen-bond donors (Lipinski definition) is 2. The first kappa shape index (κ1) is 9.80. The predicted molar refractivity (Wildman–Crippen MR) is 47.5 cm³/mol. The van der Waals surface area contributed by atoms with Gasteiger partial charge in [0.15, 0.2) is 0 Å². The summed E-state index contributed by atoms with van der Waals surface area (Å²) in [4.78, 5) is 10.2. The van der Waals surface area contributed by atoms with E-state index in [4.69, 9.17) is 16.7 Å². The third-order valence-corrected chi connectivity index (χ3v) is 1.69. The summed E-state index contributed by atoms with van der Waals surface area (Å²) in [7, 11) is 0. The van der Waals surface area contributed by atoms with Crippen LogP contribution < -0.4 is 5.32 Å². The third-order valence-electron chi connectivity index (χ3n) is 1.38. The zero-order valence-electron chi connectivity index (χ0n) is 6.55. The minimum Gasteiger partial charge on any atom is -0.480 e. The minimum absolute atomic E-state index is 0.0200. The van der Waals surface area contributed by atoms with E-state index in [1.807, 2.05) is 0 Å². The Morgan fingerprint density at radius 1 is 1.62 bits per heavy atom. The molecule has 2 N–H and O–H groups in total. The molecule has 0 aliphatic rings. The van der Waals surface area contributed by atoms with Crippen molar-refractivity contribution in [3.63, 3.8) is 0 Å². The Morgan fingerprint density at radius 2 is 2.31 bits per heavy atom. The maximum absolute atomic E-state index is 13.0. The van der Waals surface area contributed by atoms with E-state index in [0.29, 0.717) is 0 Å². The number of para-hydroxylation sites is 1. The van der Waals surface area contributed by atoms with Crippen LogP contribution in [0.5, 0.6) is 0 Å². The molecule has 0 atom stereocenters. The maximum atomic E-state index is 13.0. The SMILES string of the molecule is O=C(O)CNc1c(F)cccc1Cl. The van der Waals surface area contributed by atoms with Crippen molar-refractivity contribution in [2.45, 2.75) is 0 Å². The second-order valence-electron chi connectivity index (χ2n) is 2.34. The van der Waals surface area contributed by atoms with Crippen molar-refractivity contribution < 1.29 is 14.3 Å². The number of carbonyl (C=O) groups is 1. The lowest BCUT2D eigenvalue weighted by Crippen LogP contribution is -2.13. The van der Waals surface area contributed by atoms with Crippen molar-refractivity contribution in [3.05, 3.63) is 29.0 Å². The number of hydrogen-bond acceptors (Lipinski definition) is 2. The van der Waals surface area contributed by atoms with Crippen molar-refractivity contribution in [2.75, 3.05) is 11.9 Å². The summed E-state index contributed by atoms with van der Waals surface area (Å²) in [5.41, 5.74) is 0.0200. The molecule has 0 bridgehead atoms. The summed E-state index contributed by atoms with van der Waals surface area (Å²) in [6.07, 6.45) is 0. The Hall–Kier alpha value is -1.29. The lowest BCUT2D eigenvalue weighted by Gasteiger charge is -2.06. The van der Waals surface area contributed by atoms with Crippen molar-refractivity contribution >= 4 is 23.3 Å². The van der Waals surface area contributed by atoms with E-state index < -0.39 is 11.8 Å². The summed E-state index contributed by atoms with van der Waals surface area (Å²) in [5, 5.41) is 10.9. The first-order valence-electron chi connectivity index (χ1n) is 3.51. The number of halogens is 2. The largest absolute Gasteiger partial charge is 0.480 e. The fourth-order valence-electron chi connectivity index (χ4n) is 0.831. The van der Waals surface area contributed by atoms with Crippen LogP contribution >= 0.6 is 11.6 Å². The molecule has 0 aliphatic carbocycles. The van der Waals surface area contributed by atoms with Gasteiger partial charge in [0.25, 0.3) is 0 Å². The molecule has 0 fully saturated rings. The highest BCUT2D eigenvalue weighted by Gasteiger charge is 2.06. The van der Waals surface area contributed by atoms with Crippen molar-refractivity contribution in [2.24, 2.45) is 0 Å². The molecule has 0 amide bonds. The molecule has 0 aromatic heterocycles. The third kappa shape index (κ3) is 2.59. The number of carboxylic acid groups (broad SMARTS) is 1. The van der Waals surface area contributed by atoms with Crippen LogP contribution in [0.2, 0.25) is 5.02 Å². The Bertz CT molecular complexity index is 310. The Kier molecular flexibility index (Phi) is 3.08. The van der Waals surface area contributed by atoms with Gasteiger partial charge in [0.05, 0.1) is 10.7 Å². The molecule has 70 valence electrons. The topological polar surface area (TPSA) is 49.3 Å². The van der Waals surface area contributed by atoms with Gasteiger partial charge in [-0.15, -0.1) is 0 Å². The monoisotopic (exact) mass is 203 g/mol. The molecular weight excluding hydrogens is 197 g/mol. The van der Waals surface area contributed by atoms with E-state index in [-0.39, 0.29) is 17.3 Å². The summed E-state index contributed by atoms with van der Waals surface area (Å²) in [5.74, 6) is -1.63. The second-order valence-corrected chi connectivity index (χ2v) is 2.75. The number of rotatable bonds is 3. The Balaban J connectivity index is 2.81. The summed E-state index contributed by atoms with van der Waals surface area (Å²) in [6, 6.07) is 4.13. The minimum atomic E-state index is -1.07. The smallest absolute Gasteiger partial charge is 0.322 e. The molecule has 13 heavy (non-hydrogen) atoms. The van der Waals surface area contributed by atoms with E-state index in [9.17, 15) is 9.18 Å². The standard InChI is InChI=1S/C8H7ClFNO2/c9-5-2-1-3-6(10)8(5)11-4-7(12)13/h1-3,11H,4H2,(H,12,13). The van der Waals surface area contributed by atoms with Crippen LogP contribution in [0.25, 0.3) is 0 Å². The molecule has 5 heteroatoms. The van der Waals surface area contributed by atoms with Crippen LogP contribution in [0, 0.1) is 5.82 Å². The average molecular weight is 204 g/mol. The van der Waals surface area contributed by atoms with Crippen molar-refractivity contribution in [1.29, 1.82) is 0 Å². The quantitative estimate of drug-likeness (QED) is 0.790. The van der Waals surface area contributed by atoms with E-state index in [2.05, 4.69) is 5.32 Å². The lowest BCUT2D eigenvalue weighted by atomic mass is 10.3. The van der Waals surface area contributed by atoms with Gasteiger partial charge in [-0.05, 0) is 12.1 Å². The molecule has 1 rings (SSSR count). The van der Waals surface area contributed by atoms with E-state index >= 15 is 0 Å². The molecule has 1 aromatic carbocycles. The highest BCUT2D eigenvalue weighted by molar-refractivity contribution is 6.33. The first-order chi connectivity index (χ1) is 6.11.